The Bertz CT molecular complexity index is 1440. The molecule has 1 aliphatic carbocycles. The van der Waals surface area contributed by atoms with E-state index in [4.69, 9.17) is 0 Å². The summed E-state index contributed by atoms with van der Waals surface area (Å²) in [6, 6.07) is 8.35. The lowest BCUT2D eigenvalue weighted by Gasteiger charge is -2.33. The summed E-state index contributed by atoms with van der Waals surface area (Å²) < 4.78 is 4.31. The van der Waals surface area contributed by atoms with Gasteiger partial charge in [-0.05, 0) is 50.5 Å². The number of carbonyl (C=O) groups is 2. The van der Waals surface area contributed by atoms with Crippen molar-refractivity contribution < 1.29 is 9.59 Å². The largest absolute Gasteiger partial charge is 0.354 e. The normalized spacial score (nSPS) is 18.4. The van der Waals surface area contributed by atoms with Crippen molar-refractivity contribution in [3.8, 4) is 0 Å². The van der Waals surface area contributed by atoms with E-state index in [0.29, 0.717) is 17.2 Å². The van der Waals surface area contributed by atoms with Crippen molar-refractivity contribution in [2.75, 3.05) is 13.1 Å². The number of imide groups is 1. The molecular weight excluding hydrogens is 462 g/mol. The number of aryl methyl sites for hydroxylation is 2. The Kier molecular flexibility index (Phi) is 6.00. The number of allylic oxidation sites excluding steroid dienone is 2. The maximum Gasteiger partial charge on any atom is 0.259 e. The van der Waals surface area contributed by atoms with Crippen LogP contribution in [0.5, 0.6) is 0 Å². The number of pyridine rings is 1. The van der Waals surface area contributed by atoms with Gasteiger partial charge < -0.3 is 9.13 Å². The van der Waals surface area contributed by atoms with E-state index in [1.165, 1.54) is 0 Å². The number of nitrogens with one attached hydrogen (secondary N) is 1. The second-order valence-corrected chi connectivity index (χ2v) is 10.1. The van der Waals surface area contributed by atoms with E-state index in [-0.39, 0.29) is 11.8 Å². The highest BCUT2D eigenvalue weighted by Gasteiger charge is 2.36. The summed E-state index contributed by atoms with van der Waals surface area (Å²) in [5, 5.41) is 2.56. The van der Waals surface area contributed by atoms with Gasteiger partial charge in [0, 0.05) is 79.4 Å². The molecule has 0 bridgehead atoms. The molecular formula is C30H31N5O2. The van der Waals surface area contributed by atoms with E-state index in [1.54, 1.807) is 0 Å². The van der Waals surface area contributed by atoms with Crippen LogP contribution < -0.4 is 5.32 Å². The van der Waals surface area contributed by atoms with Crippen LogP contribution in [0.1, 0.15) is 59.1 Å². The summed E-state index contributed by atoms with van der Waals surface area (Å²) in [6.45, 7) is 4.83. The highest BCUT2D eigenvalue weighted by atomic mass is 16.2. The van der Waals surface area contributed by atoms with Crippen LogP contribution in [0.3, 0.4) is 0 Å². The van der Waals surface area contributed by atoms with Crippen LogP contribution in [-0.4, -0.2) is 43.9 Å². The van der Waals surface area contributed by atoms with Crippen molar-refractivity contribution in [2.45, 2.75) is 38.8 Å². The molecule has 1 N–H and O–H groups in total. The lowest BCUT2D eigenvalue weighted by Crippen LogP contribution is -2.34. The average Bonchev–Trinajstić information content (AvgIpc) is 3.43. The molecule has 0 unspecified atom stereocenters. The second kappa shape index (κ2) is 9.48. The molecule has 1 saturated heterocycles. The van der Waals surface area contributed by atoms with Gasteiger partial charge in [0.2, 0.25) is 0 Å². The third-order valence-corrected chi connectivity index (χ3v) is 7.75. The molecule has 0 radical (unpaired) electrons. The Morgan fingerprint density at radius 1 is 1.03 bits per heavy atom. The van der Waals surface area contributed by atoms with Gasteiger partial charge >= 0.3 is 0 Å². The van der Waals surface area contributed by atoms with Crippen molar-refractivity contribution in [3.63, 3.8) is 0 Å². The fourth-order valence-electron chi connectivity index (χ4n) is 5.73. The fourth-order valence-corrected chi connectivity index (χ4v) is 5.73. The quantitative estimate of drug-likeness (QED) is 0.536. The first-order valence-corrected chi connectivity index (χ1v) is 12.9. The molecule has 0 atom stereocenters. The third-order valence-electron chi connectivity index (χ3n) is 7.75. The number of fused-ring (bicyclic) bond motifs is 1. The average molecular weight is 494 g/mol. The summed E-state index contributed by atoms with van der Waals surface area (Å²) in [7, 11) is 1.95. The predicted octanol–water partition coefficient (Wildman–Crippen LogP) is 4.36. The van der Waals surface area contributed by atoms with Crippen molar-refractivity contribution in [3.05, 3.63) is 88.8 Å². The molecule has 37 heavy (non-hydrogen) atoms. The molecule has 0 spiro atoms. The number of piperidine rings is 1. The summed E-state index contributed by atoms with van der Waals surface area (Å²) in [6.07, 6.45) is 17.3. The highest BCUT2D eigenvalue weighted by Crippen LogP contribution is 2.39. The molecule has 2 aliphatic heterocycles. The minimum atomic E-state index is -0.330. The van der Waals surface area contributed by atoms with Crippen LogP contribution in [0.4, 0.5) is 0 Å². The zero-order valence-corrected chi connectivity index (χ0v) is 21.3. The SMILES string of the molecule is Cc1cc(C2=C(c3cn(C4CCN(Cc5ccccn5)CC4)c4c3C=CCC=C4)C(=O)NC2=O)cn1C. The van der Waals surface area contributed by atoms with E-state index < -0.39 is 0 Å². The molecule has 3 aromatic heterocycles. The summed E-state index contributed by atoms with van der Waals surface area (Å²) in [5.74, 6) is -0.656. The topological polar surface area (TPSA) is 72.2 Å². The second-order valence-electron chi connectivity index (χ2n) is 10.1. The highest BCUT2D eigenvalue weighted by molar-refractivity contribution is 6.49. The lowest BCUT2D eigenvalue weighted by molar-refractivity contribution is -0.122. The van der Waals surface area contributed by atoms with Gasteiger partial charge in [0.15, 0.2) is 0 Å². The minimum absolute atomic E-state index is 0.321. The predicted molar refractivity (Wildman–Crippen MR) is 145 cm³/mol. The molecule has 0 aromatic carbocycles. The number of rotatable bonds is 5. The van der Waals surface area contributed by atoms with Crippen LogP contribution in [0, 0.1) is 6.92 Å². The van der Waals surface area contributed by atoms with Crippen LogP contribution in [-0.2, 0) is 23.2 Å². The fraction of sp³-hybridized carbons (Fsp3) is 0.300. The number of hydrogen-bond acceptors (Lipinski definition) is 4. The maximum atomic E-state index is 13.2. The molecule has 3 aliphatic rings. The number of likely N-dealkylation sites (tertiary alicyclic amines) is 1. The molecule has 0 saturated carbocycles. The van der Waals surface area contributed by atoms with Crippen molar-refractivity contribution in [1.82, 2.24) is 24.3 Å². The molecule has 7 heteroatoms. The summed E-state index contributed by atoms with van der Waals surface area (Å²) >= 11 is 0. The molecule has 5 heterocycles. The van der Waals surface area contributed by atoms with E-state index in [0.717, 1.165) is 72.7 Å². The maximum absolute atomic E-state index is 13.2. The molecule has 188 valence electrons. The van der Waals surface area contributed by atoms with E-state index in [1.807, 2.05) is 49.1 Å². The van der Waals surface area contributed by atoms with E-state index in [9.17, 15) is 9.59 Å². The van der Waals surface area contributed by atoms with Gasteiger partial charge in [-0.15, -0.1) is 0 Å². The van der Waals surface area contributed by atoms with Gasteiger partial charge in [-0.25, -0.2) is 0 Å². The minimum Gasteiger partial charge on any atom is -0.354 e. The van der Waals surface area contributed by atoms with Gasteiger partial charge in [-0.2, -0.15) is 0 Å². The van der Waals surface area contributed by atoms with Crippen LogP contribution in [0.15, 0.2) is 55.0 Å². The molecule has 2 amide bonds. The van der Waals surface area contributed by atoms with Crippen molar-refractivity contribution in [2.24, 2.45) is 7.05 Å². The van der Waals surface area contributed by atoms with Crippen LogP contribution in [0.2, 0.25) is 0 Å². The number of aromatic nitrogens is 3. The smallest absolute Gasteiger partial charge is 0.259 e. The third kappa shape index (κ3) is 4.29. The number of hydrogen-bond donors (Lipinski definition) is 1. The Morgan fingerprint density at radius 3 is 2.54 bits per heavy atom. The Morgan fingerprint density at radius 2 is 1.81 bits per heavy atom. The molecule has 6 rings (SSSR count). The van der Waals surface area contributed by atoms with E-state index >= 15 is 0 Å². The van der Waals surface area contributed by atoms with Gasteiger partial charge in [0.25, 0.3) is 11.8 Å². The number of nitrogens with zero attached hydrogens (tertiary/aromatic N) is 4. The van der Waals surface area contributed by atoms with Gasteiger partial charge in [0.05, 0.1) is 16.8 Å². The number of amides is 2. The Balaban J connectivity index is 1.37. The first kappa shape index (κ1) is 23.4. The van der Waals surface area contributed by atoms with E-state index in [2.05, 4.69) is 56.3 Å². The molecule has 7 nitrogen and oxygen atoms in total. The van der Waals surface area contributed by atoms with Gasteiger partial charge in [0.1, 0.15) is 0 Å². The monoisotopic (exact) mass is 493 g/mol. The molecule has 3 aromatic rings. The summed E-state index contributed by atoms with van der Waals surface area (Å²) in [5.41, 5.74) is 6.78. The molecule has 1 fully saturated rings. The van der Waals surface area contributed by atoms with Crippen LogP contribution >= 0.6 is 0 Å². The van der Waals surface area contributed by atoms with Crippen molar-refractivity contribution in [1.29, 1.82) is 0 Å². The summed E-state index contributed by atoms with van der Waals surface area (Å²) in [4.78, 5) is 33.1. The van der Waals surface area contributed by atoms with Crippen molar-refractivity contribution >= 4 is 35.1 Å². The zero-order valence-electron chi connectivity index (χ0n) is 21.3. The van der Waals surface area contributed by atoms with Gasteiger partial charge in [-0.3, -0.25) is 24.8 Å². The zero-order chi connectivity index (χ0) is 25.5. The Labute approximate surface area is 216 Å². The Hall–Kier alpha value is -3.97. The first-order chi connectivity index (χ1) is 18.0. The van der Waals surface area contributed by atoms with Crippen LogP contribution in [0.25, 0.3) is 23.3 Å². The number of carbonyl (C=O) groups excluding carboxylic acids is 2. The lowest BCUT2D eigenvalue weighted by atomic mass is 9.96. The standard InChI is InChI=1S/C30H31N5O2/c1-20-16-21(17-33(20)2)27-28(30(37)32-29(27)36)25-19-35(26-10-5-3-4-9-24(25)26)23-11-14-34(15-12-23)18-22-8-6-7-13-31-22/h4-10,13,16-17,19,23H,3,11-12,14-15,18H2,1-2H3,(H,32,36,37). The first-order valence-electron chi connectivity index (χ1n) is 12.9. The van der Waals surface area contributed by atoms with Gasteiger partial charge in [-0.1, -0.05) is 24.3 Å².